The number of hydrogen-bond acceptors (Lipinski definition) is 2. The fourth-order valence-electron chi connectivity index (χ4n) is 1.45. The summed E-state index contributed by atoms with van der Waals surface area (Å²) in [6, 6.07) is 12.7. The van der Waals surface area contributed by atoms with Crippen molar-refractivity contribution in [1.29, 1.82) is 5.26 Å². The molecule has 0 atom stereocenters. The molecule has 19 heavy (non-hydrogen) atoms. The Labute approximate surface area is 107 Å². The molecule has 0 saturated heterocycles. The maximum absolute atomic E-state index is 12.4. The molecule has 0 heterocycles. The minimum Gasteiger partial charge on any atom is -0.457 e. The van der Waals surface area contributed by atoms with Gasteiger partial charge in [0.2, 0.25) is 0 Å². The zero-order valence-electron chi connectivity index (χ0n) is 9.61. The highest BCUT2D eigenvalue weighted by Gasteiger charge is 2.29. The summed E-state index contributed by atoms with van der Waals surface area (Å²) in [6.45, 7) is 0. The molecule has 2 aromatic rings. The van der Waals surface area contributed by atoms with Crippen LogP contribution in [0.4, 0.5) is 13.2 Å². The smallest absolute Gasteiger partial charge is 0.416 e. The molecule has 5 heteroatoms. The summed E-state index contributed by atoms with van der Waals surface area (Å²) in [6.07, 6.45) is -4.35. The van der Waals surface area contributed by atoms with Crippen LogP contribution in [-0.4, -0.2) is 0 Å². The van der Waals surface area contributed by atoms with Gasteiger partial charge in [-0.05, 0) is 48.5 Å². The van der Waals surface area contributed by atoms with Gasteiger partial charge in [0, 0.05) is 0 Å². The minimum atomic E-state index is -4.35. The van der Waals surface area contributed by atoms with Crippen molar-refractivity contribution in [2.75, 3.05) is 0 Å². The predicted molar refractivity (Wildman–Crippen MR) is 62.7 cm³/mol. The zero-order chi connectivity index (χ0) is 13.9. The standard InChI is InChI=1S/C14H8F3NO/c15-14(16,17)11-3-7-13(8-4-11)19-12-5-1-10(9-18)2-6-12/h1-8H. The van der Waals surface area contributed by atoms with Gasteiger partial charge in [0.1, 0.15) is 11.5 Å². The van der Waals surface area contributed by atoms with Gasteiger partial charge in [-0.15, -0.1) is 0 Å². The van der Waals surface area contributed by atoms with Crippen molar-refractivity contribution in [2.45, 2.75) is 6.18 Å². The van der Waals surface area contributed by atoms with E-state index in [1.165, 1.54) is 12.1 Å². The SMILES string of the molecule is N#Cc1ccc(Oc2ccc(C(F)(F)F)cc2)cc1. The topological polar surface area (TPSA) is 33.0 Å². The number of halogens is 3. The van der Waals surface area contributed by atoms with Crippen LogP contribution < -0.4 is 4.74 Å². The molecule has 0 N–H and O–H groups in total. The summed E-state index contributed by atoms with van der Waals surface area (Å²) in [5.74, 6) is 0.761. The summed E-state index contributed by atoms with van der Waals surface area (Å²) in [5.41, 5.74) is -0.237. The van der Waals surface area contributed by atoms with Gasteiger partial charge < -0.3 is 4.74 Å². The van der Waals surface area contributed by atoms with E-state index in [9.17, 15) is 13.2 Å². The zero-order valence-corrected chi connectivity index (χ0v) is 9.61. The first kappa shape index (κ1) is 13.0. The summed E-state index contributed by atoms with van der Waals surface area (Å²) in [7, 11) is 0. The van der Waals surface area contributed by atoms with Gasteiger partial charge in [-0.2, -0.15) is 18.4 Å². The van der Waals surface area contributed by atoms with Crippen LogP contribution in [0.5, 0.6) is 11.5 Å². The van der Waals surface area contributed by atoms with Crippen molar-refractivity contribution in [3.63, 3.8) is 0 Å². The van der Waals surface area contributed by atoms with E-state index in [0.717, 1.165) is 12.1 Å². The van der Waals surface area contributed by atoms with Crippen LogP contribution in [0.1, 0.15) is 11.1 Å². The first-order valence-electron chi connectivity index (χ1n) is 5.34. The molecular weight excluding hydrogens is 255 g/mol. The third-order valence-electron chi connectivity index (χ3n) is 2.40. The molecule has 0 saturated carbocycles. The molecule has 0 aliphatic carbocycles. The lowest BCUT2D eigenvalue weighted by molar-refractivity contribution is -0.137. The minimum absolute atomic E-state index is 0.303. The number of nitrogens with zero attached hydrogens (tertiary/aromatic N) is 1. The number of rotatable bonds is 2. The molecule has 0 unspecified atom stereocenters. The van der Waals surface area contributed by atoms with E-state index in [-0.39, 0.29) is 0 Å². The Bertz CT molecular complexity index is 595. The van der Waals surface area contributed by atoms with Crippen molar-refractivity contribution in [1.82, 2.24) is 0 Å². The first-order valence-corrected chi connectivity index (χ1v) is 5.34. The van der Waals surface area contributed by atoms with Crippen LogP contribution in [0.25, 0.3) is 0 Å². The Kier molecular flexibility index (Phi) is 3.43. The highest BCUT2D eigenvalue weighted by Crippen LogP contribution is 2.31. The molecule has 0 bridgehead atoms. The van der Waals surface area contributed by atoms with Gasteiger partial charge in [-0.3, -0.25) is 0 Å². The number of hydrogen-bond donors (Lipinski definition) is 0. The Morgan fingerprint density at radius 2 is 1.32 bits per heavy atom. The maximum Gasteiger partial charge on any atom is 0.416 e. The normalized spacial score (nSPS) is 10.8. The van der Waals surface area contributed by atoms with E-state index in [1.807, 2.05) is 6.07 Å². The highest BCUT2D eigenvalue weighted by atomic mass is 19.4. The van der Waals surface area contributed by atoms with Crippen LogP contribution in [0, 0.1) is 11.3 Å². The van der Waals surface area contributed by atoms with Crippen LogP contribution in [-0.2, 0) is 6.18 Å². The summed E-state index contributed by atoms with van der Waals surface area (Å²) in [5, 5.41) is 8.63. The van der Waals surface area contributed by atoms with E-state index in [2.05, 4.69) is 0 Å². The van der Waals surface area contributed by atoms with E-state index in [1.54, 1.807) is 24.3 Å². The van der Waals surface area contributed by atoms with E-state index >= 15 is 0 Å². The van der Waals surface area contributed by atoms with Crippen LogP contribution in [0.15, 0.2) is 48.5 Å². The molecule has 0 fully saturated rings. The molecule has 0 aliphatic rings. The molecule has 0 aliphatic heterocycles. The number of benzene rings is 2. The van der Waals surface area contributed by atoms with Gasteiger partial charge in [0.05, 0.1) is 17.2 Å². The second-order valence-electron chi connectivity index (χ2n) is 3.76. The molecule has 0 amide bonds. The summed E-state index contributed by atoms with van der Waals surface area (Å²) >= 11 is 0. The molecule has 0 spiro atoms. The third kappa shape index (κ3) is 3.26. The number of nitriles is 1. The predicted octanol–water partition coefficient (Wildman–Crippen LogP) is 4.37. The first-order chi connectivity index (χ1) is 8.99. The summed E-state index contributed by atoms with van der Waals surface area (Å²) in [4.78, 5) is 0. The second kappa shape index (κ2) is 5.02. The second-order valence-corrected chi connectivity index (χ2v) is 3.76. The van der Waals surface area contributed by atoms with Gasteiger partial charge in [-0.25, -0.2) is 0 Å². The van der Waals surface area contributed by atoms with Gasteiger partial charge in [0.25, 0.3) is 0 Å². The molecule has 2 aromatic carbocycles. The Balaban J connectivity index is 2.13. The lowest BCUT2D eigenvalue weighted by Crippen LogP contribution is -2.03. The number of ether oxygens (including phenoxy) is 1. The quantitative estimate of drug-likeness (QED) is 0.806. The van der Waals surface area contributed by atoms with Crippen LogP contribution >= 0.6 is 0 Å². The third-order valence-corrected chi connectivity index (χ3v) is 2.40. The van der Waals surface area contributed by atoms with Gasteiger partial charge in [0.15, 0.2) is 0 Å². The largest absolute Gasteiger partial charge is 0.457 e. The van der Waals surface area contributed by atoms with E-state index in [0.29, 0.717) is 17.1 Å². The van der Waals surface area contributed by atoms with Crippen LogP contribution in [0.3, 0.4) is 0 Å². The Morgan fingerprint density at radius 1 is 0.842 bits per heavy atom. The van der Waals surface area contributed by atoms with E-state index in [4.69, 9.17) is 10.00 Å². The molecule has 96 valence electrons. The van der Waals surface area contributed by atoms with Crippen molar-refractivity contribution < 1.29 is 17.9 Å². The average Bonchev–Trinajstić information content (AvgIpc) is 2.39. The Morgan fingerprint density at radius 3 is 1.74 bits per heavy atom. The van der Waals surface area contributed by atoms with Crippen molar-refractivity contribution >= 4 is 0 Å². The van der Waals surface area contributed by atoms with Gasteiger partial charge in [-0.1, -0.05) is 0 Å². The molecule has 2 rings (SSSR count). The van der Waals surface area contributed by atoms with Crippen molar-refractivity contribution in [2.24, 2.45) is 0 Å². The summed E-state index contributed by atoms with van der Waals surface area (Å²) < 4.78 is 42.4. The number of alkyl halides is 3. The molecular formula is C14H8F3NO. The fourth-order valence-corrected chi connectivity index (χ4v) is 1.45. The molecule has 0 radical (unpaired) electrons. The lowest BCUT2D eigenvalue weighted by Gasteiger charge is -2.08. The molecule has 2 nitrogen and oxygen atoms in total. The highest BCUT2D eigenvalue weighted by molar-refractivity contribution is 5.38. The maximum atomic E-state index is 12.4. The average molecular weight is 263 g/mol. The van der Waals surface area contributed by atoms with Crippen LogP contribution in [0.2, 0.25) is 0 Å². The monoisotopic (exact) mass is 263 g/mol. The van der Waals surface area contributed by atoms with Crippen molar-refractivity contribution in [3.05, 3.63) is 59.7 Å². The van der Waals surface area contributed by atoms with E-state index < -0.39 is 11.7 Å². The fraction of sp³-hybridized carbons (Fsp3) is 0.0714. The molecule has 0 aromatic heterocycles. The Hall–Kier alpha value is -2.48. The van der Waals surface area contributed by atoms with Gasteiger partial charge >= 0.3 is 6.18 Å². The lowest BCUT2D eigenvalue weighted by atomic mass is 10.2. The van der Waals surface area contributed by atoms with Crippen molar-refractivity contribution in [3.8, 4) is 17.6 Å².